The van der Waals surface area contributed by atoms with E-state index < -0.39 is 18.1 Å². The first kappa shape index (κ1) is 16.5. The Balaban J connectivity index is 2.24. The second kappa shape index (κ2) is 6.12. The quantitative estimate of drug-likeness (QED) is 0.877. The zero-order valence-electron chi connectivity index (χ0n) is 11.7. The summed E-state index contributed by atoms with van der Waals surface area (Å²) in [7, 11) is 0. The van der Waals surface area contributed by atoms with Gasteiger partial charge < -0.3 is 9.84 Å². The lowest BCUT2D eigenvalue weighted by Crippen LogP contribution is -2.43. The lowest BCUT2D eigenvalue weighted by molar-refractivity contribution is -0.149. The van der Waals surface area contributed by atoms with E-state index in [1.807, 2.05) is 24.4 Å². The van der Waals surface area contributed by atoms with Gasteiger partial charge in [0.25, 0.3) is 5.91 Å². The molecule has 1 heterocycles. The molecule has 2 rings (SSSR count). The van der Waals surface area contributed by atoms with E-state index in [0.29, 0.717) is 11.3 Å². The highest BCUT2D eigenvalue weighted by molar-refractivity contribution is 9.10. The summed E-state index contributed by atoms with van der Waals surface area (Å²) in [5, 5.41) is 5.57. The van der Waals surface area contributed by atoms with E-state index in [-0.39, 0.29) is 10.2 Å². The maximum absolute atomic E-state index is 12.5. The molecule has 0 radical (unpaired) electrons. The molecule has 0 fully saturated rings. The maximum Gasteiger partial charge on any atom is 0.408 e. The van der Waals surface area contributed by atoms with Gasteiger partial charge in [0.15, 0.2) is 0 Å². The molecule has 0 aliphatic heterocycles. The van der Waals surface area contributed by atoms with Crippen LogP contribution >= 0.6 is 15.9 Å². The number of nitrogens with zero attached hydrogens (tertiary/aromatic N) is 1. The fourth-order valence-corrected chi connectivity index (χ4v) is 2.21. The molecular weight excluding hydrogens is 365 g/mol. The zero-order chi connectivity index (χ0) is 16.5. The van der Waals surface area contributed by atoms with Crippen molar-refractivity contribution in [3.63, 3.8) is 0 Å². The number of aryl methyl sites for hydroxylation is 1. The summed E-state index contributed by atoms with van der Waals surface area (Å²) in [6.45, 7) is 2.77. The van der Waals surface area contributed by atoms with E-state index in [0.717, 1.165) is 12.5 Å². The lowest BCUT2D eigenvalue weighted by Gasteiger charge is -2.16. The van der Waals surface area contributed by atoms with E-state index in [1.54, 1.807) is 12.1 Å². The monoisotopic (exact) mass is 376 g/mol. The molecule has 4 nitrogen and oxygen atoms in total. The molecule has 0 aliphatic carbocycles. The minimum atomic E-state index is -4.53. The Bertz CT molecular complexity index is 680. The van der Waals surface area contributed by atoms with Crippen LogP contribution < -0.4 is 5.32 Å². The van der Waals surface area contributed by atoms with Crippen LogP contribution in [0.25, 0.3) is 11.3 Å². The third-order valence-corrected chi connectivity index (χ3v) is 3.74. The van der Waals surface area contributed by atoms with Crippen LogP contribution in [-0.4, -0.2) is 23.3 Å². The minimum absolute atomic E-state index is 0.211. The molecule has 1 aromatic carbocycles. The first-order valence-corrected chi connectivity index (χ1v) is 7.09. The van der Waals surface area contributed by atoms with Gasteiger partial charge in [0.2, 0.25) is 5.76 Å². The molecule has 0 bridgehead atoms. The number of halogens is 4. The van der Waals surface area contributed by atoms with E-state index in [2.05, 4.69) is 21.1 Å². The fraction of sp³-hybridized carbons (Fsp3) is 0.286. The molecule has 1 aromatic heterocycles. The number of aromatic nitrogens is 1. The average Bonchev–Trinajstić information content (AvgIpc) is 2.80. The van der Waals surface area contributed by atoms with Gasteiger partial charge in [-0.25, -0.2) is 0 Å². The molecule has 0 spiro atoms. The maximum atomic E-state index is 12.5. The summed E-state index contributed by atoms with van der Waals surface area (Å²) in [6.07, 6.45) is -4.53. The summed E-state index contributed by atoms with van der Waals surface area (Å²) in [5.74, 6) is -1.28. The van der Waals surface area contributed by atoms with Crippen LogP contribution in [0, 0.1) is 6.92 Å². The van der Waals surface area contributed by atoms with Gasteiger partial charge in [0.05, 0.1) is 4.47 Å². The number of amides is 1. The Morgan fingerprint density at radius 2 is 1.91 bits per heavy atom. The third-order valence-electron chi connectivity index (χ3n) is 3.01. The summed E-state index contributed by atoms with van der Waals surface area (Å²) in [5.41, 5.74) is 2.08. The number of alkyl halides is 3. The summed E-state index contributed by atoms with van der Waals surface area (Å²) in [4.78, 5) is 11.8. The molecule has 8 heteroatoms. The second-order valence-electron chi connectivity index (χ2n) is 4.78. The number of benzene rings is 1. The number of carbonyl (C=O) groups is 1. The van der Waals surface area contributed by atoms with Crippen molar-refractivity contribution in [2.45, 2.75) is 26.1 Å². The standard InChI is InChI=1S/C14H12BrF3N2O2/c1-7-3-5-9(6-4-7)11-10(15)12(22-20-11)13(21)19-8(2)14(16,17)18/h3-6,8H,1-2H3,(H,19,21)/t8-/m0/s1. The van der Waals surface area contributed by atoms with E-state index in [9.17, 15) is 18.0 Å². The topological polar surface area (TPSA) is 55.1 Å². The van der Waals surface area contributed by atoms with Crippen LogP contribution in [0.5, 0.6) is 0 Å². The molecule has 22 heavy (non-hydrogen) atoms. The number of rotatable bonds is 3. The summed E-state index contributed by atoms with van der Waals surface area (Å²) in [6, 6.07) is 5.26. The van der Waals surface area contributed by atoms with Gasteiger partial charge in [-0.15, -0.1) is 0 Å². The smallest absolute Gasteiger partial charge is 0.349 e. The molecule has 0 unspecified atom stereocenters. The van der Waals surface area contributed by atoms with Gasteiger partial charge >= 0.3 is 6.18 Å². The second-order valence-corrected chi connectivity index (χ2v) is 5.57. The Labute approximate surface area is 132 Å². The third kappa shape index (κ3) is 3.49. The van der Waals surface area contributed by atoms with Gasteiger partial charge in [-0.05, 0) is 29.8 Å². The number of nitrogens with one attached hydrogen (secondary N) is 1. The highest BCUT2D eigenvalue weighted by Gasteiger charge is 2.38. The van der Waals surface area contributed by atoms with Gasteiger partial charge in [0, 0.05) is 5.56 Å². The molecule has 2 aromatic rings. The highest BCUT2D eigenvalue weighted by atomic mass is 79.9. The first-order chi connectivity index (χ1) is 10.2. The van der Waals surface area contributed by atoms with Crippen molar-refractivity contribution in [3.05, 3.63) is 40.1 Å². The molecule has 0 saturated heterocycles. The van der Waals surface area contributed by atoms with Crippen LogP contribution in [0.2, 0.25) is 0 Å². The van der Waals surface area contributed by atoms with Crippen LogP contribution in [0.1, 0.15) is 23.0 Å². The van der Waals surface area contributed by atoms with Crippen LogP contribution in [0.4, 0.5) is 13.2 Å². The highest BCUT2D eigenvalue weighted by Crippen LogP contribution is 2.31. The molecule has 1 amide bonds. The van der Waals surface area contributed by atoms with E-state index >= 15 is 0 Å². The van der Waals surface area contributed by atoms with Crippen molar-refractivity contribution in [1.82, 2.24) is 10.5 Å². The normalized spacial score (nSPS) is 13.0. The fourth-order valence-electron chi connectivity index (χ4n) is 1.65. The minimum Gasteiger partial charge on any atom is -0.349 e. The molecule has 0 aliphatic rings. The average molecular weight is 377 g/mol. The molecule has 118 valence electrons. The van der Waals surface area contributed by atoms with Gasteiger partial charge in [-0.3, -0.25) is 4.79 Å². The largest absolute Gasteiger partial charge is 0.408 e. The van der Waals surface area contributed by atoms with E-state index in [4.69, 9.17) is 4.52 Å². The Kier molecular flexibility index (Phi) is 4.60. The van der Waals surface area contributed by atoms with Crippen molar-refractivity contribution >= 4 is 21.8 Å². The van der Waals surface area contributed by atoms with E-state index in [1.165, 1.54) is 0 Å². The number of hydrogen-bond donors (Lipinski definition) is 1. The van der Waals surface area contributed by atoms with Crippen molar-refractivity contribution in [3.8, 4) is 11.3 Å². The molecule has 1 atom stereocenters. The summed E-state index contributed by atoms with van der Waals surface area (Å²) >= 11 is 3.15. The number of hydrogen-bond acceptors (Lipinski definition) is 3. The van der Waals surface area contributed by atoms with Crippen LogP contribution in [-0.2, 0) is 0 Å². The molecular formula is C14H12BrF3N2O2. The Hall–Kier alpha value is -1.83. The van der Waals surface area contributed by atoms with Crippen molar-refractivity contribution < 1.29 is 22.5 Å². The van der Waals surface area contributed by atoms with Gasteiger partial charge in [-0.1, -0.05) is 35.0 Å². The first-order valence-electron chi connectivity index (χ1n) is 6.30. The predicted molar refractivity (Wildman–Crippen MR) is 77.4 cm³/mol. The zero-order valence-corrected chi connectivity index (χ0v) is 13.2. The number of carbonyl (C=O) groups excluding carboxylic acids is 1. The summed E-state index contributed by atoms with van der Waals surface area (Å²) < 4.78 is 42.5. The molecule has 1 N–H and O–H groups in total. The Morgan fingerprint density at radius 1 is 1.32 bits per heavy atom. The lowest BCUT2D eigenvalue weighted by atomic mass is 10.1. The van der Waals surface area contributed by atoms with Crippen LogP contribution in [0.3, 0.4) is 0 Å². The van der Waals surface area contributed by atoms with Crippen LogP contribution in [0.15, 0.2) is 33.3 Å². The van der Waals surface area contributed by atoms with Crippen molar-refractivity contribution in [1.29, 1.82) is 0 Å². The predicted octanol–water partition coefficient (Wildman–Crippen LogP) is 4.09. The molecule has 0 saturated carbocycles. The van der Waals surface area contributed by atoms with Crippen molar-refractivity contribution in [2.24, 2.45) is 0 Å². The Morgan fingerprint density at radius 3 is 2.45 bits per heavy atom. The SMILES string of the molecule is Cc1ccc(-c2noc(C(=O)N[C@@H](C)C(F)(F)F)c2Br)cc1. The van der Waals surface area contributed by atoms with Gasteiger partial charge in [0.1, 0.15) is 11.7 Å². The van der Waals surface area contributed by atoms with Gasteiger partial charge in [-0.2, -0.15) is 13.2 Å². The van der Waals surface area contributed by atoms with Crippen molar-refractivity contribution in [2.75, 3.05) is 0 Å².